The first kappa shape index (κ1) is 20.2. The Kier molecular flexibility index (Phi) is 6.60. The minimum atomic E-state index is -3.97. The summed E-state index contributed by atoms with van der Waals surface area (Å²) in [5.41, 5.74) is 0. The minimum Gasteiger partial charge on any atom is -0.484 e. The van der Waals surface area contributed by atoms with Gasteiger partial charge in [-0.25, -0.2) is 8.42 Å². The molecule has 144 valence electrons. The first-order valence-corrected chi connectivity index (χ1v) is 9.93. The van der Waals surface area contributed by atoms with Gasteiger partial charge in [-0.05, 0) is 49.4 Å². The van der Waals surface area contributed by atoms with E-state index in [1.807, 2.05) is 13.8 Å². The molecule has 0 spiro atoms. The number of benzene rings is 1. The Hall–Kier alpha value is -2.13. The fourth-order valence-electron chi connectivity index (χ4n) is 2.29. The maximum absolute atomic E-state index is 12.4. The lowest BCUT2D eigenvalue weighted by Gasteiger charge is -2.16. The second-order valence-corrected chi connectivity index (χ2v) is 8.46. The van der Waals surface area contributed by atoms with E-state index < -0.39 is 22.0 Å². The second kappa shape index (κ2) is 8.50. The Morgan fingerprint density at radius 2 is 1.85 bits per heavy atom. The molecule has 1 aromatic rings. The number of carbonyl (C=O) groups is 2. The SMILES string of the molecule is CC(C)C[C@@H](NS(=O)(=O)c1ccc(OCC(=O)NC2CC2)cc1)C(=O)O. The first-order chi connectivity index (χ1) is 12.2. The molecule has 1 amide bonds. The Bertz CT molecular complexity index is 741. The quantitative estimate of drug-likeness (QED) is 0.556. The van der Waals surface area contributed by atoms with Crippen molar-refractivity contribution in [3.05, 3.63) is 24.3 Å². The van der Waals surface area contributed by atoms with Crippen molar-refractivity contribution in [2.24, 2.45) is 5.92 Å². The van der Waals surface area contributed by atoms with E-state index in [4.69, 9.17) is 4.74 Å². The van der Waals surface area contributed by atoms with E-state index in [0.29, 0.717) is 5.75 Å². The van der Waals surface area contributed by atoms with Gasteiger partial charge >= 0.3 is 5.97 Å². The number of sulfonamides is 1. The molecule has 2 rings (SSSR count). The summed E-state index contributed by atoms with van der Waals surface area (Å²) in [7, 11) is -3.97. The molecule has 0 aliphatic heterocycles. The molecule has 9 heteroatoms. The van der Waals surface area contributed by atoms with Gasteiger partial charge in [0.2, 0.25) is 10.0 Å². The van der Waals surface area contributed by atoms with Crippen molar-refractivity contribution in [2.75, 3.05) is 6.61 Å². The zero-order valence-electron chi connectivity index (χ0n) is 14.8. The van der Waals surface area contributed by atoms with Gasteiger partial charge in [0.1, 0.15) is 11.8 Å². The summed E-state index contributed by atoms with van der Waals surface area (Å²) in [6.45, 7) is 3.49. The molecule has 3 N–H and O–H groups in total. The van der Waals surface area contributed by atoms with Crippen LogP contribution in [-0.2, 0) is 19.6 Å². The highest BCUT2D eigenvalue weighted by molar-refractivity contribution is 7.89. The van der Waals surface area contributed by atoms with Gasteiger partial charge in [-0.2, -0.15) is 4.72 Å². The van der Waals surface area contributed by atoms with Crippen LogP contribution in [0.2, 0.25) is 0 Å². The fraction of sp³-hybridized carbons (Fsp3) is 0.529. The van der Waals surface area contributed by atoms with Gasteiger partial charge in [0, 0.05) is 6.04 Å². The molecule has 0 unspecified atom stereocenters. The number of ether oxygens (including phenoxy) is 1. The summed E-state index contributed by atoms with van der Waals surface area (Å²) in [6.07, 6.45) is 2.16. The van der Waals surface area contributed by atoms with Gasteiger partial charge in [0.15, 0.2) is 6.61 Å². The maximum atomic E-state index is 12.4. The summed E-state index contributed by atoms with van der Waals surface area (Å²) < 4.78 is 32.2. The molecular formula is C17H24N2O6S. The summed E-state index contributed by atoms with van der Waals surface area (Å²) in [6, 6.07) is 4.53. The Labute approximate surface area is 153 Å². The van der Waals surface area contributed by atoms with E-state index in [0.717, 1.165) is 12.8 Å². The topological polar surface area (TPSA) is 122 Å². The second-order valence-electron chi connectivity index (χ2n) is 6.74. The number of amides is 1. The third kappa shape index (κ3) is 6.30. The Morgan fingerprint density at radius 1 is 1.23 bits per heavy atom. The van der Waals surface area contributed by atoms with E-state index in [2.05, 4.69) is 10.0 Å². The van der Waals surface area contributed by atoms with Crippen LogP contribution in [0, 0.1) is 5.92 Å². The molecule has 8 nitrogen and oxygen atoms in total. The van der Waals surface area contributed by atoms with E-state index in [1.165, 1.54) is 24.3 Å². The summed E-state index contributed by atoms with van der Waals surface area (Å²) in [4.78, 5) is 22.7. The van der Waals surface area contributed by atoms with Crippen molar-refractivity contribution in [3.63, 3.8) is 0 Å². The monoisotopic (exact) mass is 384 g/mol. The van der Waals surface area contributed by atoms with Gasteiger partial charge in [-0.3, -0.25) is 9.59 Å². The average molecular weight is 384 g/mol. The highest BCUT2D eigenvalue weighted by Gasteiger charge is 2.26. The van der Waals surface area contributed by atoms with Gasteiger partial charge in [0.25, 0.3) is 5.91 Å². The molecule has 0 saturated heterocycles. The summed E-state index contributed by atoms with van der Waals surface area (Å²) in [5.74, 6) is -1.06. The van der Waals surface area contributed by atoms with Crippen LogP contribution < -0.4 is 14.8 Å². The number of hydrogen-bond donors (Lipinski definition) is 3. The molecule has 1 aliphatic carbocycles. The molecular weight excluding hydrogens is 360 g/mol. The predicted molar refractivity (Wildman–Crippen MR) is 94.3 cm³/mol. The van der Waals surface area contributed by atoms with Crippen molar-refractivity contribution in [2.45, 2.75) is 50.1 Å². The van der Waals surface area contributed by atoms with Crippen molar-refractivity contribution in [1.82, 2.24) is 10.0 Å². The van der Waals surface area contributed by atoms with Crippen molar-refractivity contribution in [1.29, 1.82) is 0 Å². The molecule has 1 atom stereocenters. The van der Waals surface area contributed by atoms with Crippen LogP contribution in [0.4, 0.5) is 0 Å². The number of rotatable bonds is 10. The van der Waals surface area contributed by atoms with Gasteiger partial charge in [-0.15, -0.1) is 0 Å². The van der Waals surface area contributed by atoms with Gasteiger partial charge in [-0.1, -0.05) is 13.8 Å². The third-order valence-corrected chi connectivity index (χ3v) is 5.24. The summed E-state index contributed by atoms with van der Waals surface area (Å²) in [5, 5.41) is 12.0. The molecule has 26 heavy (non-hydrogen) atoms. The standard InChI is InChI=1S/C17H24N2O6S/c1-11(2)9-15(17(21)22)19-26(23,24)14-7-5-13(6-8-14)25-10-16(20)18-12-3-4-12/h5-8,11-12,15,19H,3-4,9-10H2,1-2H3,(H,18,20)(H,21,22)/t15-/m1/s1. The first-order valence-electron chi connectivity index (χ1n) is 8.44. The molecule has 0 radical (unpaired) electrons. The van der Waals surface area contributed by atoms with E-state index in [9.17, 15) is 23.1 Å². The van der Waals surface area contributed by atoms with Crippen LogP contribution in [-0.4, -0.2) is 44.1 Å². The Morgan fingerprint density at radius 3 is 2.35 bits per heavy atom. The highest BCUT2D eigenvalue weighted by Crippen LogP contribution is 2.19. The smallest absolute Gasteiger partial charge is 0.321 e. The summed E-state index contributed by atoms with van der Waals surface area (Å²) >= 11 is 0. The lowest BCUT2D eigenvalue weighted by atomic mass is 10.1. The van der Waals surface area contributed by atoms with E-state index >= 15 is 0 Å². The molecule has 1 aromatic carbocycles. The molecule has 0 bridgehead atoms. The average Bonchev–Trinajstić information content (AvgIpc) is 3.36. The van der Waals surface area contributed by atoms with E-state index in [-0.39, 0.29) is 35.8 Å². The molecule has 1 saturated carbocycles. The van der Waals surface area contributed by atoms with Gasteiger partial charge < -0.3 is 15.2 Å². The number of hydrogen-bond acceptors (Lipinski definition) is 5. The Balaban J connectivity index is 1.96. The van der Waals surface area contributed by atoms with Crippen molar-refractivity contribution >= 4 is 21.9 Å². The fourth-order valence-corrected chi connectivity index (χ4v) is 3.49. The number of nitrogens with one attached hydrogen (secondary N) is 2. The lowest BCUT2D eigenvalue weighted by Crippen LogP contribution is -2.41. The van der Waals surface area contributed by atoms with Crippen LogP contribution >= 0.6 is 0 Å². The van der Waals surface area contributed by atoms with Crippen LogP contribution in [0.1, 0.15) is 33.1 Å². The molecule has 1 aliphatic rings. The van der Waals surface area contributed by atoms with Crippen molar-refractivity contribution < 1.29 is 27.9 Å². The zero-order chi connectivity index (χ0) is 19.3. The van der Waals surface area contributed by atoms with Crippen LogP contribution in [0.3, 0.4) is 0 Å². The predicted octanol–water partition coefficient (Wildman–Crippen LogP) is 1.12. The molecule has 0 aromatic heterocycles. The maximum Gasteiger partial charge on any atom is 0.321 e. The lowest BCUT2D eigenvalue weighted by molar-refractivity contribution is -0.139. The largest absolute Gasteiger partial charge is 0.484 e. The van der Waals surface area contributed by atoms with Crippen LogP contribution in [0.15, 0.2) is 29.2 Å². The number of carboxylic acid groups (broad SMARTS) is 1. The normalized spacial score (nSPS) is 15.5. The van der Waals surface area contributed by atoms with Gasteiger partial charge in [0.05, 0.1) is 4.90 Å². The molecule has 0 heterocycles. The third-order valence-electron chi connectivity index (χ3n) is 3.75. The zero-order valence-corrected chi connectivity index (χ0v) is 15.6. The van der Waals surface area contributed by atoms with Crippen LogP contribution in [0.25, 0.3) is 0 Å². The number of aliphatic carboxylic acids is 1. The number of carbonyl (C=O) groups excluding carboxylic acids is 1. The van der Waals surface area contributed by atoms with E-state index in [1.54, 1.807) is 0 Å². The minimum absolute atomic E-state index is 0.0244. The van der Waals surface area contributed by atoms with Crippen molar-refractivity contribution in [3.8, 4) is 5.75 Å². The highest BCUT2D eigenvalue weighted by atomic mass is 32.2. The number of carboxylic acids is 1. The van der Waals surface area contributed by atoms with Crippen LogP contribution in [0.5, 0.6) is 5.75 Å². The molecule has 1 fully saturated rings.